The molecular weight excluding hydrogens is 356 g/mol. The van der Waals surface area contributed by atoms with Crippen LogP contribution in [0, 0.1) is 23.2 Å². The van der Waals surface area contributed by atoms with Crippen LogP contribution in [0.5, 0.6) is 0 Å². The minimum atomic E-state index is -0.257. The van der Waals surface area contributed by atoms with Crippen LogP contribution in [0.25, 0.3) is 22.0 Å². The molecule has 0 radical (unpaired) electrons. The van der Waals surface area contributed by atoms with Crippen molar-refractivity contribution < 1.29 is 9.53 Å². The molecule has 1 aliphatic rings. The van der Waals surface area contributed by atoms with Gasteiger partial charge in [0.05, 0.1) is 30.2 Å². The predicted molar refractivity (Wildman–Crippen MR) is 104 cm³/mol. The molecule has 2 unspecified atom stereocenters. The minimum Gasteiger partial charge on any atom is -0.383 e. The third-order valence-electron chi connectivity index (χ3n) is 4.78. The Kier molecular flexibility index (Phi) is 4.59. The van der Waals surface area contributed by atoms with E-state index in [2.05, 4.69) is 26.3 Å². The second kappa shape index (κ2) is 7.21. The summed E-state index contributed by atoms with van der Waals surface area (Å²) in [5.41, 5.74) is 8.58. The highest BCUT2D eigenvalue weighted by atomic mass is 16.5. The molecule has 1 amide bonds. The molecule has 8 heteroatoms. The van der Waals surface area contributed by atoms with Gasteiger partial charge in [-0.15, -0.1) is 0 Å². The largest absolute Gasteiger partial charge is 0.383 e. The molecular formula is C20H18N6O2. The maximum Gasteiger partial charge on any atom is 0.230 e. The first kappa shape index (κ1) is 17.8. The summed E-state index contributed by atoms with van der Waals surface area (Å²) in [5, 5.41) is 13.2. The summed E-state index contributed by atoms with van der Waals surface area (Å²) >= 11 is 0. The van der Waals surface area contributed by atoms with Gasteiger partial charge < -0.3 is 15.8 Å². The van der Waals surface area contributed by atoms with Crippen LogP contribution in [0.4, 0.5) is 11.6 Å². The van der Waals surface area contributed by atoms with E-state index < -0.39 is 0 Å². The Balaban J connectivity index is 1.69. The summed E-state index contributed by atoms with van der Waals surface area (Å²) in [5.74, 6) is 0.123. The van der Waals surface area contributed by atoms with Crippen molar-refractivity contribution in [1.82, 2.24) is 15.0 Å². The third kappa shape index (κ3) is 3.35. The van der Waals surface area contributed by atoms with Crippen molar-refractivity contribution in [3.05, 3.63) is 42.4 Å². The van der Waals surface area contributed by atoms with Crippen molar-refractivity contribution in [2.45, 2.75) is 13.0 Å². The number of carbonyl (C=O) groups is 1. The normalized spacial score (nSPS) is 17.9. The van der Waals surface area contributed by atoms with Crippen LogP contribution in [0.2, 0.25) is 0 Å². The maximum atomic E-state index is 12.2. The Labute approximate surface area is 161 Å². The van der Waals surface area contributed by atoms with Gasteiger partial charge in [-0.25, -0.2) is 9.97 Å². The SMILES string of the molecule is COCc1ccncc1-c1cc2cc(NC(=O)C3CC3C#N)ncc2c(N)n1. The summed E-state index contributed by atoms with van der Waals surface area (Å²) in [7, 11) is 1.63. The number of ether oxygens (including phenoxy) is 1. The Morgan fingerprint density at radius 1 is 1.43 bits per heavy atom. The number of rotatable bonds is 5. The van der Waals surface area contributed by atoms with Crippen LogP contribution in [-0.2, 0) is 16.1 Å². The molecule has 0 bridgehead atoms. The number of nitrogens with one attached hydrogen (secondary N) is 1. The van der Waals surface area contributed by atoms with Gasteiger partial charge in [-0.3, -0.25) is 9.78 Å². The highest BCUT2D eigenvalue weighted by Gasteiger charge is 2.43. The number of carbonyl (C=O) groups excluding carboxylic acids is 1. The second-order valence-corrected chi connectivity index (χ2v) is 6.72. The number of fused-ring (bicyclic) bond motifs is 1. The van der Waals surface area contributed by atoms with E-state index >= 15 is 0 Å². The van der Waals surface area contributed by atoms with Gasteiger partial charge in [0.1, 0.15) is 11.6 Å². The first-order valence-corrected chi connectivity index (χ1v) is 8.79. The van der Waals surface area contributed by atoms with E-state index in [1.165, 1.54) is 0 Å². The Morgan fingerprint density at radius 2 is 2.29 bits per heavy atom. The number of pyridine rings is 3. The lowest BCUT2D eigenvalue weighted by Gasteiger charge is -2.11. The second-order valence-electron chi connectivity index (χ2n) is 6.72. The zero-order valence-electron chi connectivity index (χ0n) is 15.2. The average Bonchev–Trinajstić information content (AvgIpc) is 3.48. The third-order valence-corrected chi connectivity index (χ3v) is 4.78. The van der Waals surface area contributed by atoms with Gasteiger partial charge in [-0.05, 0) is 35.6 Å². The van der Waals surface area contributed by atoms with Crippen LogP contribution in [0.3, 0.4) is 0 Å². The van der Waals surface area contributed by atoms with E-state index in [1.54, 1.807) is 31.8 Å². The number of nitrogens with two attached hydrogens (primary N) is 1. The minimum absolute atomic E-state index is 0.185. The van der Waals surface area contributed by atoms with E-state index in [1.807, 2.05) is 12.1 Å². The van der Waals surface area contributed by atoms with Gasteiger partial charge in [0.25, 0.3) is 0 Å². The van der Waals surface area contributed by atoms with Crippen molar-refractivity contribution >= 4 is 28.3 Å². The Hall–Kier alpha value is -3.57. The van der Waals surface area contributed by atoms with Gasteiger partial charge in [0.15, 0.2) is 0 Å². The lowest BCUT2D eigenvalue weighted by atomic mass is 10.0. The zero-order chi connectivity index (χ0) is 19.7. The van der Waals surface area contributed by atoms with Gasteiger partial charge in [-0.1, -0.05) is 0 Å². The van der Waals surface area contributed by atoms with Crippen LogP contribution >= 0.6 is 0 Å². The predicted octanol–water partition coefficient (Wildman–Crippen LogP) is 2.52. The summed E-state index contributed by atoms with van der Waals surface area (Å²) in [4.78, 5) is 25.1. The Bertz CT molecular complexity index is 1110. The molecule has 3 aromatic rings. The highest BCUT2D eigenvalue weighted by Crippen LogP contribution is 2.38. The molecule has 1 fully saturated rings. The average molecular weight is 374 g/mol. The van der Waals surface area contributed by atoms with Crippen molar-refractivity contribution in [2.75, 3.05) is 18.2 Å². The fourth-order valence-corrected chi connectivity index (χ4v) is 3.16. The number of nitrogen functional groups attached to an aromatic ring is 1. The van der Waals surface area contributed by atoms with E-state index in [4.69, 9.17) is 15.7 Å². The molecule has 0 spiro atoms. The number of nitrogens with zero attached hydrogens (tertiary/aromatic N) is 4. The van der Waals surface area contributed by atoms with Crippen molar-refractivity contribution in [3.63, 3.8) is 0 Å². The molecule has 1 aliphatic carbocycles. The van der Waals surface area contributed by atoms with Crippen LogP contribution < -0.4 is 11.1 Å². The molecule has 8 nitrogen and oxygen atoms in total. The number of amides is 1. The van der Waals surface area contributed by atoms with Crippen LogP contribution in [-0.4, -0.2) is 28.0 Å². The number of methoxy groups -OCH3 is 1. The molecule has 3 N–H and O–H groups in total. The fraction of sp³-hybridized carbons (Fsp3) is 0.250. The highest BCUT2D eigenvalue weighted by molar-refractivity contribution is 5.98. The van der Waals surface area contributed by atoms with E-state index in [0.29, 0.717) is 35.7 Å². The molecule has 0 aromatic carbocycles. The summed E-state index contributed by atoms with van der Waals surface area (Å²) < 4.78 is 5.25. The van der Waals surface area contributed by atoms with Crippen molar-refractivity contribution in [2.24, 2.45) is 11.8 Å². The molecule has 2 atom stereocenters. The lowest BCUT2D eigenvalue weighted by Crippen LogP contribution is -2.15. The standard InChI is InChI=1S/C20H18N6O2/c1-28-10-11-2-3-23-8-15(11)17-5-12-6-18(24-9-16(12)19(22)25-17)26-20(27)14-4-13(14)7-21/h2-3,5-6,8-9,13-14H,4,10H2,1H3,(H2,22,25)(H,24,26,27). The molecule has 4 rings (SSSR count). The lowest BCUT2D eigenvalue weighted by molar-refractivity contribution is -0.117. The van der Waals surface area contributed by atoms with Gasteiger partial charge in [0, 0.05) is 36.7 Å². The molecule has 0 aliphatic heterocycles. The fourth-order valence-electron chi connectivity index (χ4n) is 3.16. The monoisotopic (exact) mass is 374 g/mol. The maximum absolute atomic E-state index is 12.2. The first-order valence-electron chi connectivity index (χ1n) is 8.79. The molecule has 0 saturated heterocycles. The van der Waals surface area contributed by atoms with E-state index in [9.17, 15) is 4.79 Å². The summed E-state index contributed by atoms with van der Waals surface area (Å²) in [6, 6.07) is 7.63. The van der Waals surface area contributed by atoms with Gasteiger partial charge in [0.2, 0.25) is 5.91 Å². The van der Waals surface area contributed by atoms with Crippen molar-refractivity contribution in [3.8, 4) is 17.3 Å². The summed E-state index contributed by atoms with van der Waals surface area (Å²) in [6.07, 6.45) is 5.61. The molecule has 3 heterocycles. The molecule has 28 heavy (non-hydrogen) atoms. The first-order chi connectivity index (χ1) is 13.6. The quantitative estimate of drug-likeness (QED) is 0.702. The van der Waals surface area contributed by atoms with Gasteiger partial charge >= 0.3 is 0 Å². The van der Waals surface area contributed by atoms with Gasteiger partial charge in [-0.2, -0.15) is 5.26 Å². The number of nitriles is 1. The molecule has 140 valence electrons. The van der Waals surface area contributed by atoms with Crippen molar-refractivity contribution in [1.29, 1.82) is 5.26 Å². The Morgan fingerprint density at radius 3 is 3.04 bits per heavy atom. The topological polar surface area (TPSA) is 127 Å². The van der Waals surface area contributed by atoms with E-state index in [0.717, 1.165) is 16.5 Å². The zero-order valence-corrected chi connectivity index (χ0v) is 15.2. The molecule has 3 aromatic heterocycles. The number of anilines is 2. The van der Waals surface area contributed by atoms with Crippen LogP contribution in [0.1, 0.15) is 12.0 Å². The molecule has 1 saturated carbocycles. The number of hydrogen-bond acceptors (Lipinski definition) is 7. The number of aromatic nitrogens is 3. The van der Waals surface area contributed by atoms with Crippen LogP contribution in [0.15, 0.2) is 36.8 Å². The smallest absolute Gasteiger partial charge is 0.230 e. The summed E-state index contributed by atoms with van der Waals surface area (Å²) in [6.45, 7) is 0.427. The number of hydrogen-bond donors (Lipinski definition) is 2. The van der Waals surface area contributed by atoms with E-state index in [-0.39, 0.29) is 17.7 Å².